The molecule has 4 heterocycles. The molecule has 2 saturated heterocycles. The van der Waals surface area contributed by atoms with E-state index in [1.807, 2.05) is 18.2 Å². The first kappa shape index (κ1) is 19.1. The van der Waals surface area contributed by atoms with E-state index in [1.54, 1.807) is 12.1 Å². The van der Waals surface area contributed by atoms with Gasteiger partial charge in [0.15, 0.2) is 5.65 Å². The van der Waals surface area contributed by atoms with Crippen molar-refractivity contribution in [3.63, 3.8) is 0 Å². The Morgan fingerprint density at radius 1 is 1.17 bits per heavy atom. The van der Waals surface area contributed by atoms with Crippen molar-refractivity contribution in [3.8, 4) is 11.3 Å². The summed E-state index contributed by atoms with van der Waals surface area (Å²) >= 11 is 0. The van der Waals surface area contributed by atoms with Crippen LogP contribution >= 0.6 is 0 Å². The quantitative estimate of drug-likeness (QED) is 0.711. The molecule has 2 aromatic heterocycles. The van der Waals surface area contributed by atoms with Crippen molar-refractivity contribution >= 4 is 11.6 Å². The van der Waals surface area contributed by atoms with E-state index in [4.69, 9.17) is 0 Å². The number of rotatable bonds is 4. The van der Waals surface area contributed by atoms with Crippen LogP contribution in [-0.4, -0.2) is 50.6 Å². The molecule has 2 atom stereocenters. The van der Waals surface area contributed by atoms with Crippen LogP contribution in [0.15, 0.2) is 42.6 Å². The van der Waals surface area contributed by atoms with E-state index in [1.165, 1.54) is 12.3 Å². The molecule has 0 saturated carbocycles. The number of amides is 1. The number of hydrogen-bond acceptors (Lipinski definition) is 4. The number of alkyl halides is 2. The van der Waals surface area contributed by atoms with Gasteiger partial charge >= 0.3 is 0 Å². The number of nitrogens with one attached hydrogen (secondary N) is 1. The highest BCUT2D eigenvalue weighted by molar-refractivity contribution is 6.00. The second kappa shape index (κ2) is 7.43. The normalized spacial score (nSPS) is 23.9. The fraction of sp³-hybridized carbons (Fsp3) is 0.409. The van der Waals surface area contributed by atoms with Crippen LogP contribution in [0.5, 0.6) is 0 Å². The first-order valence-corrected chi connectivity index (χ1v) is 10.3. The second-order valence-electron chi connectivity index (χ2n) is 8.22. The zero-order chi connectivity index (χ0) is 20.8. The SMILES string of the molecule is CN1C2CCC1CC(NC(=O)c1cnn3c(C(F)F)cc(-c4ccccc4)nc13)C2. The van der Waals surface area contributed by atoms with E-state index in [2.05, 4.69) is 27.3 Å². The zero-order valence-corrected chi connectivity index (χ0v) is 16.6. The summed E-state index contributed by atoms with van der Waals surface area (Å²) < 4.78 is 28.5. The number of halogens is 2. The predicted octanol–water partition coefficient (Wildman–Crippen LogP) is 3.69. The molecule has 2 unspecified atom stereocenters. The second-order valence-corrected chi connectivity index (χ2v) is 8.22. The van der Waals surface area contributed by atoms with Gasteiger partial charge in [-0.25, -0.2) is 18.3 Å². The fourth-order valence-electron chi connectivity index (χ4n) is 4.85. The minimum absolute atomic E-state index is 0.0769. The Hall–Kier alpha value is -2.87. The summed E-state index contributed by atoms with van der Waals surface area (Å²) in [6.07, 6.45) is 2.72. The molecule has 2 aliphatic heterocycles. The van der Waals surface area contributed by atoms with E-state index in [9.17, 15) is 13.6 Å². The lowest BCUT2D eigenvalue weighted by Gasteiger charge is -2.36. The maximum absolute atomic E-state index is 13.7. The Labute approximate surface area is 172 Å². The van der Waals surface area contributed by atoms with E-state index < -0.39 is 6.43 Å². The van der Waals surface area contributed by atoms with E-state index in [-0.39, 0.29) is 28.9 Å². The largest absolute Gasteiger partial charge is 0.349 e. The molecule has 0 radical (unpaired) electrons. The number of benzene rings is 1. The topological polar surface area (TPSA) is 62.5 Å². The van der Waals surface area contributed by atoms with Crippen molar-refractivity contribution in [2.75, 3.05) is 7.05 Å². The van der Waals surface area contributed by atoms with Gasteiger partial charge < -0.3 is 10.2 Å². The third-order valence-corrected chi connectivity index (χ3v) is 6.47. The Morgan fingerprint density at radius 2 is 1.87 bits per heavy atom. The van der Waals surface area contributed by atoms with Crippen LogP contribution in [0.2, 0.25) is 0 Å². The van der Waals surface area contributed by atoms with Gasteiger partial charge in [-0.15, -0.1) is 0 Å². The predicted molar refractivity (Wildman–Crippen MR) is 108 cm³/mol. The first-order valence-electron chi connectivity index (χ1n) is 10.3. The maximum Gasteiger partial charge on any atom is 0.280 e. The van der Waals surface area contributed by atoms with Crippen molar-refractivity contribution in [1.29, 1.82) is 0 Å². The van der Waals surface area contributed by atoms with Crippen molar-refractivity contribution in [2.24, 2.45) is 0 Å². The molecule has 3 aromatic rings. The first-order chi connectivity index (χ1) is 14.5. The lowest BCUT2D eigenvalue weighted by atomic mass is 9.98. The minimum Gasteiger partial charge on any atom is -0.349 e. The maximum atomic E-state index is 13.7. The van der Waals surface area contributed by atoms with Crippen LogP contribution < -0.4 is 5.32 Å². The van der Waals surface area contributed by atoms with Gasteiger partial charge in [0.25, 0.3) is 12.3 Å². The molecule has 5 rings (SSSR count). The monoisotopic (exact) mass is 411 g/mol. The molecular weight excluding hydrogens is 388 g/mol. The van der Waals surface area contributed by atoms with Gasteiger partial charge in [0.05, 0.1) is 11.9 Å². The average molecular weight is 411 g/mol. The number of hydrogen-bond donors (Lipinski definition) is 1. The number of carbonyl (C=O) groups excluding carboxylic acids is 1. The minimum atomic E-state index is -2.74. The molecule has 6 nitrogen and oxygen atoms in total. The van der Waals surface area contributed by atoms with Gasteiger partial charge in [0, 0.05) is 23.7 Å². The molecule has 2 fully saturated rings. The third kappa shape index (κ3) is 3.25. The van der Waals surface area contributed by atoms with E-state index in [0.717, 1.165) is 30.2 Å². The Bertz CT molecular complexity index is 1070. The fourth-order valence-corrected chi connectivity index (χ4v) is 4.85. The van der Waals surface area contributed by atoms with Crippen LogP contribution in [0.1, 0.15) is 48.2 Å². The molecule has 8 heteroatoms. The van der Waals surface area contributed by atoms with Gasteiger partial charge in [-0.3, -0.25) is 4.79 Å². The average Bonchev–Trinajstić information content (AvgIpc) is 3.24. The molecule has 156 valence electrons. The Kier molecular flexibility index (Phi) is 4.73. The molecule has 0 aliphatic carbocycles. The van der Waals surface area contributed by atoms with Crippen molar-refractivity contribution in [1.82, 2.24) is 24.8 Å². The van der Waals surface area contributed by atoms with Crippen LogP contribution in [0.3, 0.4) is 0 Å². The third-order valence-electron chi connectivity index (χ3n) is 6.47. The molecule has 2 bridgehead atoms. The van der Waals surface area contributed by atoms with Gasteiger partial charge in [0.2, 0.25) is 0 Å². The molecule has 2 aliphatic rings. The molecule has 1 N–H and O–H groups in total. The van der Waals surface area contributed by atoms with Gasteiger partial charge in [0.1, 0.15) is 11.3 Å². The van der Waals surface area contributed by atoms with Crippen LogP contribution in [0, 0.1) is 0 Å². The number of aromatic nitrogens is 3. The number of piperidine rings is 1. The summed E-state index contributed by atoms with van der Waals surface area (Å²) in [7, 11) is 2.15. The van der Waals surface area contributed by atoms with Crippen molar-refractivity contribution in [3.05, 3.63) is 53.9 Å². The molecular formula is C22H23F2N5O. The summed E-state index contributed by atoms with van der Waals surface area (Å²) in [5, 5.41) is 7.14. The van der Waals surface area contributed by atoms with E-state index >= 15 is 0 Å². The van der Waals surface area contributed by atoms with Crippen LogP contribution in [0.25, 0.3) is 16.9 Å². The zero-order valence-electron chi connectivity index (χ0n) is 16.6. The summed E-state index contributed by atoms with van der Waals surface area (Å²) in [5.41, 5.74) is 1.20. The highest BCUT2D eigenvalue weighted by atomic mass is 19.3. The van der Waals surface area contributed by atoms with Gasteiger partial charge in [-0.05, 0) is 38.8 Å². The number of fused-ring (bicyclic) bond motifs is 3. The molecule has 1 aromatic carbocycles. The van der Waals surface area contributed by atoms with Crippen molar-refractivity contribution < 1.29 is 13.6 Å². The molecule has 0 spiro atoms. The Balaban J connectivity index is 1.48. The number of carbonyl (C=O) groups is 1. The van der Waals surface area contributed by atoms with Crippen LogP contribution in [0.4, 0.5) is 8.78 Å². The highest BCUT2D eigenvalue weighted by Crippen LogP contribution is 2.34. The standard InChI is InChI=1S/C22H23F2N5O/c1-28-15-7-8-16(28)10-14(9-15)26-22(30)17-12-25-29-19(20(23)24)11-18(27-21(17)29)13-5-3-2-4-6-13/h2-6,11-12,14-16,20H,7-10H2,1H3,(H,26,30). The van der Waals surface area contributed by atoms with Crippen molar-refractivity contribution in [2.45, 2.75) is 50.2 Å². The lowest BCUT2D eigenvalue weighted by molar-refractivity contribution is 0.0883. The van der Waals surface area contributed by atoms with Gasteiger partial charge in [-0.2, -0.15) is 5.10 Å². The summed E-state index contributed by atoms with van der Waals surface area (Å²) in [5.74, 6) is -0.308. The van der Waals surface area contributed by atoms with E-state index in [0.29, 0.717) is 23.3 Å². The number of nitrogens with zero attached hydrogens (tertiary/aromatic N) is 4. The van der Waals surface area contributed by atoms with Gasteiger partial charge in [-0.1, -0.05) is 30.3 Å². The smallest absolute Gasteiger partial charge is 0.280 e. The summed E-state index contributed by atoms with van der Waals surface area (Å²) in [4.78, 5) is 19.9. The highest BCUT2D eigenvalue weighted by Gasteiger charge is 2.39. The Morgan fingerprint density at radius 3 is 2.53 bits per heavy atom. The summed E-state index contributed by atoms with van der Waals surface area (Å²) in [6, 6.07) is 11.5. The molecule has 30 heavy (non-hydrogen) atoms. The molecule has 1 amide bonds. The lowest BCUT2D eigenvalue weighted by Crippen LogP contribution is -2.48. The van der Waals surface area contributed by atoms with Crippen LogP contribution in [-0.2, 0) is 0 Å². The summed E-state index contributed by atoms with van der Waals surface area (Å²) in [6.45, 7) is 0.